The SMILES string of the molecule is Nc1c(C(O)c2ccccc2)cnc2[nH]ncc12. The Morgan fingerprint density at radius 1 is 1.17 bits per heavy atom. The van der Waals surface area contributed by atoms with E-state index >= 15 is 0 Å². The second-order valence-corrected chi connectivity index (χ2v) is 4.07. The number of pyridine rings is 1. The van der Waals surface area contributed by atoms with Gasteiger partial charge in [0.15, 0.2) is 5.65 Å². The molecule has 4 N–H and O–H groups in total. The number of nitrogens with zero attached hydrogens (tertiary/aromatic N) is 2. The molecule has 0 fully saturated rings. The molecule has 0 spiro atoms. The summed E-state index contributed by atoms with van der Waals surface area (Å²) >= 11 is 0. The van der Waals surface area contributed by atoms with Gasteiger partial charge < -0.3 is 10.8 Å². The number of nitrogen functional groups attached to an aromatic ring is 1. The van der Waals surface area contributed by atoms with Gasteiger partial charge in [0, 0.05) is 11.8 Å². The third-order valence-electron chi connectivity index (χ3n) is 2.96. The highest BCUT2D eigenvalue weighted by atomic mass is 16.3. The summed E-state index contributed by atoms with van der Waals surface area (Å²) in [5.41, 5.74) is 8.55. The van der Waals surface area contributed by atoms with Crippen LogP contribution in [0.3, 0.4) is 0 Å². The van der Waals surface area contributed by atoms with Gasteiger partial charge in [-0.15, -0.1) is 0 Å². The van der Waals surface area contributed by atoms with Gasteiger partial charge in [-0.1, -0.05) is 30.3 Å². The lowest BCUT2D eigenvalue weighted by Crippen LogP contribution is -2.04. The molecule has 90 valence electrons. The fraction of sp³-hybridized carbons (Fsp3) is 0.0769. The second-order valence-electron chi connectivity index (χ2n) is 4.07. The van der Waals surface area contributed by atoms with Gasteiger partial charge in [-0.05, 0) is 5.56 Å². The second kappa shape index (κ2) is 4.12. The Hall–Kier alpha value is -2.40. The highest BCUT2D eigenvalue weighted by molar-refractivity contribution is 5.88. The standard InChI is InChI=1S/C13H12N4O/c14-11-9(6-15-13-10(11)7-16-17-13)12(18)8-4-2-1-3-5-8/h1-7,12,18H,(H3,14,15,16,17). The number of hydrogen-bond donors (Lipinski definition) is 3. The quantitative estimate of drug-likeness (QED) is 0.635. The first kappa shape index (κ1) is 10.7. The number of hydrogen-bond acceptors (Lipinski definition) is 4. The largest absolute Gasteiger partial charge is 0.398 e. The lowest BCUT2D eigenvalue weighted by atomic mass is 10.0. The number of benzene rings is 1. The molecule has 5 nitrogen and oxygen atoms in total. The molecule has 0 aliphatic carbocycles. The number of aromatic amines is 1. The Labute approximate surface area is 103 Å². The molecule has 0 saturated heterocycles. The van der Waals surface area contributed by atoms with Crippen LogP contribution in [-0.4, -0.2) is 20.3 Å². The molecule has 1 aromatic carbocycles. The highest BCUT2D eigenvalue weighted by Gasteiger charge is 2.16. The molecule has 2 heterocycles. The zero-order valence-corrected chi connectivity index (χ0v) is 9.54. The Balaban J connectivity index is 2.11. The molecule has 3 aromatic rings. The molecule has 0 aliphatic rings. The van der Waals surface area contributed by atoms with E-state index in [1.807, 2.05) is 30.3 Å². The first-order valence-corrected chi connectivity index (χ1v) is 5.58. The normalized spacial score (nSPS) is 12.7. The van der Waals surface area contributed by atoms with E-state index < -0.39 is 6.10 Å². The number of nitrogens with one attached hydrogen (secondary N) is 1. The molecule has 1 atom stereocenters. The van der Waals surface area contributed by atoms with Gasteiger partial charge in [-0.2, -0.15) is 5.10 Å². The van der Waals surface area contributed by atoms with E-state index in [4.69, 9.17) is 5.73 Å². The summed E-state index contributed by atoms with van der Waals surface area (Å²) in [7, 11) is 0. The zero-order chi connectivity index (χ0) is 12.5. The molecule has 5 heteroatoms. The van der Waals surface area contributed by atoms with Crippen LogP contribution < -0.4 is 5.73 Å². The topological polar surface area (TPSA) is 87.8 Å². The minimum Gasteiger partial charge on any atom is -0.398 e. The van der Waals surface area contributed by atoms with Crippen LogP contribution in [0, 0.1) is 0 Å². The molecule has 0 aliphatic heterocycles. The summed E-state index contributed by atoms with van der Waals surface area (Å²) in [5, 5.41) is 17.7. The Morgan fingerprint density at radius 3 is 2.72 bits per heavy atom. The van der Waals surface area contributed by atoms with Crippen LogP contribution in [0.2, 0.25) is 0 Å². The number of anilines is 1. The minimum atomic E-state index is -0.780. The van der Waals surface area contributed by atoms with Crippen LogP contribution in [-0.2, 0) is 0 Å². The van der Waals surface area contributed by atoms with Crippen molar-refractivity contribution in [3.8, 4) is 0 Å². The fourth-order valence-electron chi connectivity index (χ4n) is 1.97. The zero-order valence-electron chi connectivity index (χ0n) is 9.54. The third kappa shape index (κ3) is 1.61. The van der Waals surface area contributed by atoms with E-state index in [2.05, 4.69) is 15.2 Å². The molecule has 0 radical (unpaired) electrons. The average Bonchev–Trinajstić information content (AvgIpc) is 2.89. The monoisotopic (exact) mass is 240 g/mol. The maximum absolute atomic E-state index is 10.3. The summed E-state index contributed by atoms with van der Waals surface area (Å²) in [6.45, 7) is 0. The predicted octanol–water partition coefficient (Wildman–Crippen LogP) is 1.62. The van der Waals surface area contributed by atoms with Gasteiger partial charge in [-0.25, -0.2) is 4.98 Å². The van der Waals surface area contributed by atoms with Crippen LogP contribution in [0.25, 0.3) is 11.0 Å². The van der Waals surface area contributed by atoms with Crippen molar-refractivity contribution >= 4 is 16.7 Å². The van der Waals surface area contributed by atoms with Crippen molar-refractivity contribution in [2.75, 3.05) is 5.73 Å². The maximum Gasteiger partial charge on any atom is 0.157 e. The summed E-state index contributed by atoms with van der Waals surface area (Å²) in [6, 6.07) is 9.35. The number of fused-ring (bicyclic) bond motifs is 1. The Kier molecular flexibility index (Phi) is 2.46. The summed E-state index contributed by atoms with van der Waals surface area (Å²) in [4.78, 5) is 4.19. The fourth-order valence-corrected chi connectivity index (χ4v) is 1.97. The number of aliphatic hydroxyl groups excluding tert-OH is 1. The number of aromatic nitrogens is 3. The van der Waals surface area contributed by atoms with Crippen LogP contribution in [0.4, 0.5) is 5.69 Å². The lowest BCUT2D eigenvalue weighted by molar-refractivity contribution is 0.221. The summed E-state index contributed by atoms with van der Waals surface area (Å²) in [5.74, 6) is 0. The molecule has 18 heavy (non-hydrogen) atoms. The molecule has 3 rings (SSSR count). The van der Waals surface area contributed by atoms with E-state index in [1.54, 1.807) is 12.4 Å². The minimum absolute atomic E-state index is 0.505. The van der Waals surface area contributed by atoms with Crippen molar-refractivity contribution in [2.24, 2.45) is 0 Å². The van der Waals surface area contributed by atoms with E-state index in [1.165, 1.54) is 0 Å². The van der Waals surface area contributed by atoms with E-state index in [-0.39, 0.29) is 0 Å². The lowest BCUT2D eigenvalue weighted by Gasteiger charge is -2.13. The maximum atomic E-state index is 10.3. The molecular weight excluding hydrogens is 228 g/mol. The first-order chi connectivity index (χ1) is 8.77. The summed E-state index contributed by atoms with van der Waals surface area (Å²) < 4.78 is 0. The van der Waals surface area contributed by atoms with Crippen LogP contribution in [0.5, 0.6) is 0 Å². The van der Waals surface area contributed by atoms with Crippen LogP contribution in [0.1, 0.15) is 17.2 Å². The van der Waals surface area contributed by atoms with Gasteiger partial charge in [0.05, 0.1) is 17.3 Å². The van der Waals surface area contributed by atoms with Gasteiger partial charge in [0.25, 0.3) is 0 Å². The van der Waals surface area contributed by atoms with Gasteiger partial charge in [0.1, 0.15) is 6.10 Å². The Morgan fingerprint density at radius 2 is 1.94 bits per heavy atom. The van der Waals surface area contributed by atoms with Crippen LogP contribution >= 0.6 is 0 Å². The van der Waals surface area contributed by atoms with Crippen molar-refractivity contribution in [2.45, 2.75) is 6.10 Å². The average molecular weight is 240 g/mol. The van der Waals surface area contributed by atoms with Crippen LogP contribution in [0.15, 0.2) is 42.7 Å². The molecule has 1 unspecified atom stereocenters. The van der Waals surface area contributed by atoms with Crippen molar-refractivity contribution in [3.63, 3.8) is 0 Å². The van der Waals surface area contributed by atoms with Gasteiger partial charge in [-0.3, -0.25) is 5.10 Å². The van der Waals surface area contributed by atoms with Gasteiger partial charge >= 0.3 is 0 Å². The predicted molar refractivity (Wildman–Crippen MR) is 68.8 cm³/mol. The van der Waals surface area contributed by atoms with Crippen molar-refractivity contribution in [1.82, 2.24) is 15.2 Å². The molecular formula is C13H12N4O. The van der Waals surface area contributed by atoms with E-state index in [0.717, 1.165) is 10.9 Å². The van der Waals surface area contributed by atoms with Gasteiger partial charge in [0.2, 0.25) is 0 Å². The van der Waals surface area contributed by atoms with Crippen molar-refractivity contribution in [3.05, 3.63) is 53.9 Å². The smallest absolute Gasteiger partial charge is 0.157 e. The van der Waals surface area contributed by atoms with Crippen molar-refractivity contribution < 1.29 is 5.11 Å². The molecule has 0 amide bonds. The number of nitrogens with two attached hydrogens (primary N) is 1. The van der Waals surface area contributed by atoms with Crippen molar-refractivity contribution in [1.29, 1.82) is 0 Å². The highest BCUT2D eigenvalue weighted by Crippen LogP contribution is 2.29. The first-order valence-electron chi connectivity index (χ1n) is 5.58. The van der Waals surface area contributed by atoms with E-state index in [9.17, 15) is 5.11 Å². The van der Waals surface area contributed by atoms with E-state index in [0.29, 0.717) is 16.9 Å². The molecule has 2 aromatic heterocycles. The third-order valence-corrected chi connectivity index (χ3v) is 2.96. The number of rotatable bonds is 2. The molecule has 0 saturated carbocycles. The number of aliphatic hydroxyl groups is 1. The molecule has 0 bridgehead atoms. The Bertz CT molecular complexity index is 678. The number of H-pyrrole nitrogens is 1. The summed E-state index contributed by atoms with van der Waals surface area (Å²) in [6.07, 6.45) is 2.41.